The molecule has 0 saturated heterocycles. The lowest BCUT2D eigenvalue weighted by Crippen LogP contribution is -2.40. The Labute approximate surface area is 174 Å². The quantitative estimate of drug-likeness (QED) is 0.677. The van der Waals surface area contributed by atoms with Crippen molar-refractivity contribution in [1.29, 1.82) is 0 Å². The van der Waals surface area contributed by atoms with E-state index in [0.717, 1.165) is 5.56 Å². The molecule has 0 unspecified atom stereocenters. The first-order valence-corrected chi connectivity index (χ1v) is 9.75. The van der Waals surface area contributed by atoms with Crippen LogP contribution in [0.1, 0.15) is 28.9 Å². The van der Waals surface area contributed by atoms with Crippen molar-refractivity contribution in [3.63, 3.8) is 0 Å². The van der Waals surface area contributed by atoms with Crippen molar-refractivity contribution in [2.75, 3.05) is 11.9 Å². The van der Waals surface area contributed by atoms with Crippen LogP contribution in [0.5, 0.6) is 11.5 Å². The van der Waals surface area contributed by atoms with E-state index in [1.165, 1.54) is 0 Å². The highest BCUT2D eigenvalue weighted by Gasteiger charge is 2.27. The summed E-state index contributed by atoms with van der Waals surface area (Å²) in [6.07, 6.45) is -0.741. The fourth-order valence-electron chi connectivity index (χ4n) is 3.18. The maximum absolute atomic E-state index is 12.5. The zero-order chi connectivity index (χ0) is 20.9. The Balaban J connectivity index is 1.34. The lowest BCUT2D eigenvalue weighted by Gasteiger charge is -2.25. The van der Waals surface area contributed by atoms with Gasteiger partial charge >= 0.3 is 0 Å². The van der Waals surface area contributed by atoms with E-state index in [4.69, 9.17) is 9.47 Å². The van der Waals surface area contributed by atoms with E-state index in [9.17, 15) is 9.59 Å². The van der Waals surface area contributed by atoms with E-state index >= 15 is 0 Å². The first-order chi connectivity index (χ1) is 14.6. The smallest absolute Gasteiger partial charge is 0.269 e. The Kier molecular flexibility index (Phi) is 5.66. The Hall–Kier alpha value is -3.80. The van der Waals surface area contributed by atoms with E-state index < -0.39 is 6.10 Å². The van der Waals surface area contributed by atoms with E-state index in [2.05, 4.69) is 10.6 Å². The van der Waals surface area contributed by atoms with Crippen LogP contribution in [0.4, 0.5) is 5.69 Å². The summed E-state index contributed by atoms with van der Waals surface area (Å²) < 4.78 is 11.3. The zero-order valence-electron chi connectivity index (χ0n) is 16.5. The van der Waals surface area contributed by atoms with Gasteiger partial charge < -0.3 is 20.1 Å². The molecule has 0 bridgehead atoms. The molecule has 1 aliphatic rings. The topological polar surface area (TPSA) is 76.7 Å². The molecule has 6 nitrogen and oxygen atoms in total. The van der Waals surface area contributed by atoms with Gasteiger partial charge in [0, 0.05) is 11.3 Å². The number of amides is 2. The number of hydrogen-bond donors (Lipinski definition) is 2. The van der Waals surface area contributed by atoms with Gasteiger partial charge in [0.15, 0.2) is 11.5 Å². The number of hydrogen-bond acceptors (Lipinski definition) is 4. The molecule has 0 saturated carbocycles. The highest BCUT2D eigenvalue weighted by atomic mass is 16.6. The Morgan fingerprint density at radius 2 is 1.57 bits per heavy atom. The largest absolute Gasteiger partial charge is 0.485 e. The number of carbonyl (C=O) groups is 2. The van der Waals surface area contributed by atoms with Crippen molar-refractivity contribution in [2.45, 2.75) is 19.1 Å². The molecule has 0 fully saturated rings. The lowest BCUT2D eigenvalue weighted by atomic mass is 10.1. The average molecular weight is 402 g/mol. The van der Waals surface area contributed by atoms with Gasteiger partial charge in [0.25, 0.3) is 11.8 Å². The van der Waals surface area contributed by atoms with Crippen LogP contribution < -0.4 is 20.1 Å². The minimum Gasteiger partial charge on any atom is -0.485 e. The van der Waals surface area contributed by atoms with Gasteiger partial charge in [0.2, 0.25) is 6.10 Å². The van der Waals surface area contributed by atoms with Crippen molar-refractivity contribution in [2.24, 2.45) is 0 Å². The minimum absolute atomic E-state index is 0.107. The van der Waals surface area contributed by atoms with Gasteiger partial charge in [-0.15, -0.1) is 0 Å². The molecule has 0 radical (unpaired) electrons. The second kappa shape index (κ2) is 8.69. The van der Waals surface area contributed by atoms with E-state index in [-0.39, 0.29) is 24.5 Å². The molecule has 30 heavy (non-hydrogen) atoms. The van der Waals surface area contributed by atoms with Gasteiger partial charge in [0.1, 0.15) is 6.61 Å². The molecule has 0 spiro atoms. The molecule has 1 heterocycles. The molecule has 0 aromatic heterocycles. The van der Waals surface area contributed by atoms with Crippen LogP contribution in [0, 0.1) is 0 Å². The van der Waals surface area contributed by atoms with Crippen molar-refractivity contribution in [1.82, 2.24) is 5.32 Å². The number of benzene rings is 3. The molecule has 3 aromatic carbocycles. The summed E-state index contributed by atoms with van der Waals surface area (Å²) in [6.45, 7) is 2.08. The third-order valence-electron chi connectivity index (χ3n) is 4.86. The molecular formula is C24H22N2O4. The number of carbonyl (C=O) groups excluding carboxylic acids is 2. The molecule has 4 rings (SSSR count). The summed E-state index contributed by atoms with van der Waals surface area (Å²) >= 11 is 0. The summed E-state index contributed by atoms with van der Waals surface area (Å²) in [5.74, 6) is 0.689. The van der Waals surface area contributed by atoms with Crippen LogP contribution in [-0.4, -0.2) is 24.5 Å². The molecule has 6 heteroatoms. The number of para-hydroxylation sites is 2. The maximum atomic E-state index is 12.5. The lowest BCUT2D eigenvalue weighted by molar-refractivity contribution is -0.125. The number of ether oxygens (including phenoxy) is 2. The van der Waals surface area contributed by atoms with Crippen LogP contribution in [0.3, 0.4) is 0 Å². The third kappa shape index (κ3) is 4.43. The van der Waals surface area contributed by atoms with Crippen LogP contribution >= 0.6 is 0 Å². The molecule has 152 valence electrons. The van der Waals surface area contributed by atoms with Gasteiger partial charge in [-0.25, -0.2) is 0 Å². The number of anilines is 1. The fourth-order valence-corrected chi connectivity index (χ4v) is 3.18. The molecule has 2 N–H and O–H groups in total. The van der Waals surface area contributed by atoms with Crippen molar-refractivity contribution in [3.05, 3.63) is 90.0 Å². The first kappa shape index (κ1) is 19.5. The summed E-state index contributed by atoms with van der Waals surface area (Å²) in [4.78, 5) is 25.0. The average Bonchev–Trinajstić information content (AvgIpc) is 2.79. The monoisotopic (exact) mass is 402 g/mol. The molecule has 2 atom stereocenters. The van der Waals surface area contributed by atoms with Gasteiger partial charge in [-0.05, 0) is 48.9 Å². The van der Waals surface area contributed by atoms with Crippen molar-refractivity contribution in [3.8, 4) is 11.5 Å². The Morgan fingerprint density at radius 3 is 2.30 bits per heavy atom. The third-order valence-corrected chi connectivity index (χ3v) is 4.86. The first-order valence-electron chi connectivity index (χ1n) is 9.75. The van der Waals surface area contributed by atoms with Gasteiger partial charge in [-0.3, -0.25) is 9.59 Å². The summed E-state index contributed by atoms with van der Waals surface area (Å²) in [6, 6.07) is 23.6. The van der Waals surface area contributed by atoms with Gasteiger partial charge in [0.05, 0.1) is 6.04 Å². The standard InChI is InChI=1S/C24H22N2O4/c1-16(17-7-3-2-4-8-17)25-23(27)18-11-13-19(14-12-18)26-24(28)22-15-29-20-9-5-6-10-21(20)30-22/h2-14,16,22H,15H2,1H3,(H,25,27)(H,26,28)/t16-,22-/m1/s1. The molecule has 3 aromatic rings. The van der Waals surface area contributed by atoms with E-state index in [1.807, 2.05) is 49.4 Å². The minimum atomic E-state index is -0.741. The summed E-state index contributed by atoms with van der Waals surface area (Å²) in [5.41, 5.74) is 2.13. The number of nitrogens with one attached hydrogen (secondary N) is 2. The van der Waals surface area contributed by atoms with Crippen LogP contribution in [0.15, 0.2) is 78.9 Å². The molecule has 2 amide bonds. The highest BCUT2D eigenvalue weighted by molar-refractivity contribution is 5.97. The van der Waals surface area contributed by atoms with Crippen molar-refractivity contribution < 1.29 is 19.1 Å². The normalized spacial score (nSPS) is 15.7. The van der Waals surface area contributed by atoms with Crippen LogP contribution in [-0.2, 0) is 4.79 Å². The predicted molar refractivity (Wildman–Crippen MR) is 114 cm³/mol. The van der Waals surface area contributed by atoms with Gasteiger partial charge in [-0.2, -0.15) is 0 Å². The molecule has 1 aliphatic heterocycles. The van der Waals surface area contributed by atoms with Crippen LogP contribution in [0.2, 0.25) is 0 Å². The Morgan fingerprint density at radius 1 is 0.900 bits per heavy atom. The SMILES string of the molecule is C[C@@H](NC(=O)c1ccc(NC(=O)[C@H]2COc3ccccc3O2)cc1)c1ccccc1. The van der Waals surface area contributed by atoms with Crippen molar-refractivity contribution >= 4 is 17.5 Å². The second-order valence-corrected chi connectivity index (χ2v) is 7.04. The molecule has 0 aliphatic carbocycles. The van der Waals surface area contributed by atoms with Crippen LogP contribution in [0.25, 0.3) is 0 Å². The van der Waals surface area contributed by atoms with E-state index in [0.29, 0.717) is 22.7 Å². The fraction of sp³-hybridized carbons (Fsp3) is 0.167. The Bertz CT molecular complexity index is 1030. The number of rotatable bonds is 5. The number of fused-ring (bicyclic) bond motifs is 1. The summed E-state index contributed by atoms with van der Waals surface area (Å²) in [5, 5.41) is 5.77. The maximum Gasteiger partial charge on any atom is 0.269 e. The zero-order valence-corrected chi connectivity index (χ0v) is 16.5. The van der Waals surface area contributed by atoms with Gasteiger partial charge in [-0.1, -0.05) is 42.5 Å². The predicted octanol–water partition coefficient (Wildman–Crippen LogP) is 3.96. The molecular weight excluding hydrogens is 380 g/mol. The highest BCUT2D eigenvalue weighted by Crippen LogP contribution is 2.31. The second-order valence-electron chi connectivity index (χ2n) is 7.04. The van der Waals surface area contributed by atoms with E-state index in [1.54, 1.807) is 36.4 Å². The summed E-state index contributed by atoms with van der Waals surface area (Å²) in [7, 11) is 0.